The average Bonchev–Trinajstić information content (AvgIpc) is 2.66. The van der Waals surface area contributed by atoms with Crippen molar-refractivity contribution in [3.63, 3.8) is 0 Å². The topological polar surface area (TPSA) is 72.9 Å². The molecule has 0 saturated carbocycles. The predicted molar refractivity (Wildman–Crippen MR) is 109 cm³/mol. The molecule has 2 aromatic rings. The summed E-state index contributed by atoms with van der Waals surface area (Å²) in [6.07, 6.45) is 1.70. The maximum atomic E-state index is 13.2. The number of hydrogen-bond acceptors (Lipinski definition) is 5. The maximum absolute atomic E-state index is 13.2. The van der Waals surface area contributed by atoms with Gasteiger partial charge in [-0.1, -0.05) is 49.4 Å². The Bertz CT molecular complexity index is 850. The zero-order chi connectivity index (χ0) is 20.6. The van der Waals surface area contributed by atoms with Crippen LogP contribution in [0.2, 0.25) is 0 Å². The van der Waals surface area contributed by atoms with Crippen molar-refractivity contribution in [3.8, 4) is 5.75 Å². The van der Waals surface area contributed by atoms with Gasteiger partial charge in [-0.15, -0.1) is 0 Å². The van der Waals surface area contributed by atoms with E-state index in [4.69, 9.17) is 8.92 Å². The number of carbonyl (C=O) groups excluding carboxylic acids is 1. The number of methoxy groups -OCH3 is 1. The monoisotopic (exact) mass is 405 g/mol. The molecule has 0 bridgehead atoms. The van der Waals surface area contributed by atoms with E-state index in [2.05, 4.69) is 0 Å². The van der Waals surface area contributed by atoms with Gasteiger partial charge < -0.3 is 13.8 Å². The lowest BCUT2D eigenvalue weighted by Gasteiger charge is -2.27. The van der Waals surface area contributed by atoms with E-state index in [0.29, 0.717) is 26.1 Å². The molecule has 0 aromatic heterocycles. The van der Waals surface area contributed by atoms with E-state index in [9.17, 15) is 13.2 Å². The molecule has 0 aliphatic rings. The van der Waals surface area contributed by atoms with Crippen molar-refractivity contribution >= 4 is 16.0 Å². The third-order valence-electron chi connectivity index (χ3n) is 4.33. The molecular formula is C21H27NO5S. The largest absolute Gasteiger partial charge is 0.383 e. The van der Waals surface area contributed by atoms with Gasteiger partial charge in [-0.25, -0.2) is 0 Å². The van der Waals surface area contributed by atoms with Crippen molar-refractivity contribution in [1.82, 2.24) is 4.90 Å². The van der Waals surface area contributed by atoms with Crippen LogP contribution in [-0.2, 0) is 26.2 Å². The number of rotatable bonds is 10. The van der Waals surface area contributed by atoms with Gasteiger partial charge in [0.25, 0.3) is 0 Å². The fourth-order valence-electron chi connectivity index (χ4n) is 2.97. The SMILES string of the molecule is CCC(C(=O)N(CCOC)Cc1ccc(OS(C)(=O)=O)cc1)c1ccccc1. The lowest BCUT2D eigenvalue weighted by atomic mass is 9.95. The van der Waals surface area contributed by atoms with Crippen LogP contribution in [0.4, 0.5) is 0 Å². The molecule has 28 heavy (non-hydrogen) atoms. The summed E-state index contributed by atoms with van der Waals surface area (Å²) >= 11 is 0. The van der Waals surface area contributed by atoms with Crippen molar-refractivity contribution in [3.05, 3.63) is 65.7 Å². The zero-order valence-corrected chi connectivity index (χ0v) is 17.3. The number of carbonyl (C=O) groups is 1. The molecule has 0 radical (unpaired) electrons. The minimum Gasteiger partial charge on any atom is -0.383 e. The van der Waals surface area contributed by atoms with Gasteiger partial charge in [0.05, 0.1) is 18.8 Å². The standard InChI is InChI=1S/C21H27NO5S/c1-4-20(18-8-6-5-7-9-18)21(23)22(14-15-26-2)16-17-10-12-19(13-11-17)27-28(3,24)25/h5-13,20H,4,14-16H2,1-3H3. The van der Waals surface area contributed by atoms with E-state index in [1.165, 1.54) is 0 Å². The second kappa shape index (κ2) is 10.2. The first kappa shape index (κ1) is 21.9. The second-order valence-electron chi connectivity index (χ2n) is 6.56. The van der Waals surface area contributed by atoms with E-state index in [1.807, 2.05) is 37.3 Å². The normalized spacial score (nSPS) is 12.4. The molecule has 0 spiro atoms. The summed E-state index contributed by atoms with van der Waals surface area (Å²) < 4.78 is 32.5. The molecule has 6 nitrogen and oxygen atoms in total. The fourth-order valence-corrected chi connectivity index (χ4v) is 3.43. The molecule has 0 aliphatic carbocycles. The molecule has 0 heterocycles. The van der Waals surface area contributed by atoms with Gasteiger partial charge in [0.15, 0.2) is 0 Å². The van der Waals surface area contributed by atoms with Gasteiger partial charge in [-0.3, -0.25) is 4.79 Å². The van der Waals surface area contributed by atoms with Crippen LogP contribution < -0.4 is 4.18 Å². The second-order valence-corrected chi connectivity index (χ2v) is 8.13. The molecule has 0 aliphatic heterocycles. The lowest BCUT2D eigenvalue weighted by Crippen LogP contribution is -2.37. The first-order valence-electron chi connectivity index (χ1n) is 9.15. The van der Waals surface area contributed by atoms with Crippen LogP contribution in [0.1, 0.15) is 30.4 Å². The Balaban J connectivity index is 2.17. The number of ether oxygens (including phenoxy) is 1. The highest BCUT2D eigenvalue weighted by molar-refractivity contribution is 7.86. The van der Waals surface area contributed by atoms with Crippen molar-refractivity contribution < 1.29 is 22.1 Å². The smallest absolute Gasteiger partial charge is 0.306 e. The Morgan fingerprint density at radius 2 is 1.71 bits per heavy atom. The lowest BCUT2D eigenvalue weighted by molar-refractivity contribution is -0.134. The third kappa shape index (κ3) is 6.65. The summed E-state index contributed by atoms with van der Waals surface area (Å²) in [7, 11) is -1.96. The highest BCUT2D eigenvalue weighted by atomic mass is 32.2. The van der Waals surface area contributed by atoms with E-state index in [0.717, 1.165) is 17.4 Å². The minimum atomic E-state index is -3.56. The molecule has 7 heteroatoms. The quantitative estimate of drug-likeness (QED) is 0.568. The van der Waals surface area contributed by atoms with E-state index >= 15 is 0 Å². The van der Waals surface area contributed by atoms with Crippen LogP contribution in [0.3, 0.4) is 0 Å². The molecule has 0 N–H and O–H groups in total. The summed E-state index contributed by atoms with van der Waals surface area (Å²) in [5.41, 5.74) is 1.88. The van der Waals surface area contributed by atoms with Crippen LogP contribution in [0.25, 0.3) is 0 Å². The summed E-state index contributed by atoms with van der Waals surface area (Å²) in [5, 5.41) is 0. The predicted octanol–water partition coefficient (Wildman–Crippen LogP) is 3.19. The van der Waals surface area contributed by atoms with Crippen LogP contribution >= 0.6 is 0 Å². The van der Waals surface area contributed by atoms with Gasteiger partial charge in [0.1, 0.15) is 5.75 Å². The summed E-state index contributed by atoms with van der Waals surface area (Å²) in [5.74, 6) is 0.0739. The number of amides is 1. The molecular weight excluding hydrogens is 378 g/mol. The summed E-state index contributed by atoms with van der Waals surface area (Å²) in [6, 6.07) is 16.4. The first-order chi connectivity index (χ1) is 13.3. The van der Waals surface area contributed by atoms with Crippen LogP contribution in [0, 0.1) is 0 Å². The summed E-state index contributed by atoms with van der Waals surface area (Å²) in [6.45, 7) is 3.32. The fraction of sp³-hybridized carbons (Fsp3) is 0.381. The van der Waals surface area contributed by atoms with E-state index in [1.54, 1.807) is 36.3 Å². The molecule has 0 fully saturated rings. The van der Waals surface area contributed by atoms with Gasteiger partial charge in [-0.05, 0) is 29.7 Å². The van der Waals surface area contributed by atoms with Crippen LogP contribution in [-0.4, -0.2) is 45.7 Å². The Morgan fingerprint density at radius 3 is 2.25 bits per heavy atom. The van der Waals surface area contributed by atoms with Gasteiger partial charge in [0, 0.05) is 20.2 Å². The first-order valence-corrected chi connectivity index (χ1v) is 11.0. The molecule has 1 unspecified atom stereocenters. The molecule has 1 atom stereocenters. The van der Waals surface area contributed by atoms with Crippen molar-refractivity contribution in [2.24, 2.45) is 0 Å². The Morgan fingerprint density at radius 1 is 1.07 bits per heavy atom. The molecule has 1 amide bonds. The maximum Gasteiger partial charge on any atom is 0.306 e. The van der Waals surface area contributed by atoms with Gasteiger partial charge >= 0.3 is 10.1 Å². The van der Waals surface area contributed by atoms with Gasteiger partial charge in [-0.2, -0.15) is 8.42 Å². The number of nitrogens with zero attached hydrogens (tertiary/aromatic N) is 1. The van der Waals surface area contributed by atoms with Crippen molar-refractivity contribution in [1.29, 1.82) is 0 Å². The average molecular weight is 406 g/mol. The summed E-state index contributed by atoms with van der Waals surface area (Å²) in [4.78, 5) is 15.0. The number of benzene rings is 2. The minimum absolute atomic E-state index is 0.0437. The van der Waals surface area contributed by atoms with Crippen molar-refractivity contribution in [2.45, 2.75) is 25.8 Å². The zero-order valence-electron chi connectivity index (χ0n) is 16.5. The molecule has 152 valence electrons. The Kier molecular flexibility index (Phi) is 8.02. The third-order valence-corrected chi connectivity index (χ3v) is 4.82. The van der Waals surface area contributed by atoms with Gasteiger partial charge in [0.2, 0.25) is 5.91 Å². The van der Waals surface area contributed by atoms with Crippen LogP contribution in [0.5, 0.6) is 5.75 Å². The highest BCUT2D eigenvalue weighted by Gasteiger charge is 2.24. The molecule has 2 rings (SSSR count). The molecule has 0 saturated heterocycles. The van der Waals surface area contributed by atoms with E-state index < -0.39 is 10.1 Å². The van der Waals surface area contributed by atoms with E-state index in [-0.39, 0.29) is 17.6 Å². The Labute approximate surface area is 167 Å². The Hall–Kier alpha value is -2.38. The highest BCUT2D eigenvalue weighted by Crippen LogP contribution is 2.23. The van der Waals surface area contributed by atoms with Crippen LogP contribution in [0.15, 0.2) is 54.6 Å². The molecule has 2 aromatic carbocycles. The van der Waals surface area contributed by atoms with Crippen molar-refractivity contribution in [2.75, 3.05) is 26.5 Å². The number of hydrogen-bond donors (Lipinski definition) is 0.